The number of carbonyl (C=O) groups is 1. The number of nitrogens with two attached hydrogens (primary N) is 1. The Balaban J connectivity index is 2.66. The molecule has 0 aliphatic carbocycles. The molecule has 0 atom stereocenters. The number of nitrogens with one attached hydrogen (secondary N) is 1. The molecule has 1 heterocycles. The van der Waals surface area contributed by atoms with E-state index in [0.717, 1.165) is 5.56 Å². The lowest BCUT2D eigenvalue weighted by atomic mass is 10.1. The van der Waals surface area contributed by atoms with Crippen LogP contribution >= 0.6 is 0 Å². The Bertz CT molecular complexity index is 482. The second-order valence-electron chi connectivity index (χ2n) is 3.35. The van der Waals surface area contributed by atoms with Gasteiger partial charge in [0.1, 0.15) is 0 Å². The Morgan fingerprint density at radius 3 is 2.71 bits per heavy atom. The van der Waals surface area contributed by atoms with Crippen LogP contribution < -0.4 is 10.5 Å². The lowest BCUT2D eigenvalue weighted by Gasteiger charge is -2.03. The van der Waals surface area contributed by atoms with Crippen LogP contribution in [0.1, 0.15) is 18.4 Å². The quantitative estimate of drug-likeness (QED) is 0.736. The summed E-state index contributed by atoms with van der Waals surface area (Å²) in [5, 5.41) is -0.0351. The monoisotopic (exact) mass is 256 g/mol. The molecule has 0 saturated heterocycles. The standard InChI is InChI=1S/C10H14N3O3S/c1-12-17(15,16)10-6-5-8(7-13-10)3-2-4-9(11)14/h3,5-7,12H,2,4H2,1H3,(H2,11,14). The molecule has 6 nitrogen and oxygen atoms in total. The summed E-state index contributed by atoms with van der Waals surface area (Å²) in [6.45, 7) is 0. The van der Waals surface area contributed by atoms with Gasteiger partial charge in [0, 0.05) is 12.6 Å². The number of carbonyl (C=O) groups excluding carboxylic acids is 1. The summed E-state index contributed by atoms with van der Waals surface area (Å²) in [4.78, 5) is 14.3. The number of nitrogens with zero attached hydrogens (tertiary/aromatic N) is 1. The number of pyridine rings is 1. The third-order valence-corrected chi connectivity index (χ3v) is 3.40. The van der Waals surface area contributed by atoms with E-state index in [0.29, 0.717) is 6.42 Å². The number of primary amides is 1. The Hall–Kier alpha value is -1.47. The third-order valence-electron chi connectivity index (χ3n) is 2.07. The smallest absolute Gasteiger partial charge is 0.257 e. The Kier molecular flexibility index (Phi) is 4.59. The van der Waals surface area contributed by atoms with Crippen LogP contribution in [-0.4, -0.2) is 26.4 Å². The minimum Gasteiger partial charge on any atom is -0.370 e. The molecule has 1 aromatic heterocycles. The first-order valence-corrected chi connectivity index (χ1v) is 6.45. The second kappa shape index (κ2) is 5.74. The van der Waals surface area contributed by atoms with Crippen molar-refractivity contribution in [1.82, 2.24) is 9.71 Å². The predicted octanol–water partition coefficient (Wildman–Crippen LogP) is -0.192. The van der Waals surface area contributed by atoms with Crippen molar-refractivity contribution in [3.05, 3.63) is 30.3 Å². The van der Waals surface area contributed by atoms with Gasteiger partial charge in [-0.3, -0.25) is 4.79 Å². The van der Waals surface area contributed by atoms with Gasteiger partial charge in [0.25, 0.3) is 10.0 Å². The first-order valence-electron chi connectivity index (χ1n) is 4.97. The molecule has 0 spiro atoms. The average molecular weight is 256 g/mol. The van der Waals surface area contributed by atoms with E-state index in [1.807, 2.05) is 0 Å². The number of rotatable bonds is 6. The maximum Gasteiger partial charge on any atom is 0.257 e. The fourth-order valence-corrected chi connectivity index (χ4v) is 1.80. The summed E-state index contributed by atoms with van der Waals surface area (Å²) >= 11 is 0. The maximum atomic E-state index is 11.4. The highest BCUT2D eigenvalue weighted by molar-refractivity contribution is 7.89. The molecule has 1 radical (unpaired) electrons. The van der Waals surface area contributed by atoms with E-state index in [2.05, 4.69) is 9.71 Å². The SMILES string of the molecule is CNS(=O)(=O)c1ccc([CH]CCC(N)=O)cn1. The van der Waals surface area contributed by atoms with E-state index in [1.54, 1.807) is 12.5 Å². The van der Waals surface area contributed by atoms with Crippen molar-refractivity contribution >= 4 is 15.9 Å². The summed E-state index contributed by atoms with van der Waals surface area (Å²) in [6, 6.07) is 3.03. The fourth-order valence-electron chi connectivity index (χ4n) is 1.16. The van der Waals surface area contributed by atoms with Crippen molar-refractivity contribution in [2.75, 3.05) is 7.05 Å². The van der Waals surface area contributed by atoms with E-state index in [-0.39, 0.29) is 17.4 Å². The number of amides is 1. The van der Waals surface area contributed by atoms with Crippen LogP contribution in [0.3, 0.4) is 0 Å². The van der Waals surface area contributed by atoms with Crippen molar-refractivity contribution in [2.45, 2.75) is 17.9 Å². The van der Waals surface area contributed by atoms with Crippen LogP contribution in [0, 0.1) is 6.42 Å². The molecule has 3 N–H and O–H groups in total. The molecule has 0 aliphatic rings. The van der Waals surface area contributed by atoms with Gasteiger partial charge in [-0.1, -0.05) is 6.07 Å². The zero-order chi connectivity index (χ0) is 12.9. The highest BCUT2D eigenvalue weighted by Gasteiger charge is 2.12. The number of sulfonamides is 1. The topological polar surface area (TPSA) is 102 Å². The summed E-state index contributed by atoms with van der Waals surface area (Å²) in [6.07, 6.45) is 3.98. The van der Waals surface area contributed by atoms with Crippen molar-refractivity contribution in [1.29, 1.82) is 0 Å². The molecule has 17 heavy (non-hydrogen) atoms. The van der Waals surface area contributed by atoms with E-state index in [1.165, 1.54) is 19.3 Å². The average Bonchev–Trinajstić information content (AvgIpc) is 2.29. The Morgan fingerprint density at radius 1 is 1.53 bits per heavy atom. The molecule has 0 aromatic carbocycles. The zero-order valence-electron chi connectivity index (χ0n) is 9.38. The Morgan fingerprint density at radius 2 is 2.24 bits per heavy atom. The minimum absolute atomic E-state index is 0.0351. The lowest BCUT2D eigenvalue weighted by Crippen LogP contribution is -2.19. The van der Waals surface area contributed by atoms with Crippen LogP contribution in [0.15, 0.2) is 23.4 Å². The van der Waals surface area contributed by atoms with Crippen LogP contribution in [-0.2, 0) is 14.8 Å². The molecule has 0 saturated carbocycles. The maximum absolute atomic E-state index is 11.4. The van der Waals surface area contributed by atoms with Gasteiger partial charge in [-0.2, -0.15) is 0 Å². The van der Waals surface area contributed by atoms with Gasteiger partial charge in [0.05, 0.1) is 0 Å². The van der Waals surface area contributed by atoms with Gasteiger partial charge in [-0.15, -0.1) is 0 Å². The fraction of sp³-hybridized carbons (Fsp3) is 0.300. The van der Waals surface area contributed by atoms with E-state index < -0.39 is 10.0 Å². The highest BCUT2D eigenvalue weighted by atomic mass is 32.2. The molecule has 0 bridgehead atoms. The number of aromatic nitrogens is 1. The number of hydrogen-bond donors (Lipinski definition) is 2. The van der Waals surface area contributed by atoms with Crippen molar-refractivity contribution in [3.63, 3.8) is 0 Å². The molecule has 1 rings (SSSR count). The van der Waals surface area contributed by atoms with Crippen LogP contribution in [0.25, 0.3) is 0 Å². The van der Waals surface area contributed by atoms with E-state index in [9.17, 15) is 13.2 Å². The van der Waals surface area contributed by atoms with Crippen molar-refractivity contribution < 1.29 is 13.2 Å². The molecule has 1 aromatic rings. The molecular weight excluding hydrogens is 242 g/mol. The van der Waals surface area contributed by atoms with Crippen LogP contribution in [0.5, 0.6) is 0 Å². The zero-order valence-corrected chi connectivity index (χ0v) is 10.2. The minimum atomic E-state index is -3.50. The summed E-state index contributed by atoms with van der Waals surface area (Å²) in [5.41, 5.74) is 5.74. The summed E-state index contributed by atoms with van der Waals surface area (Å²) in [7, 11) is -2.17. The van der Waals surface area contributed by atoms with Gasteiger partial charge >= 0.3 is 0 Å². The molecule has 7 heteroatoms. The molecule has 93 valence electrons. The first kappa shape index (κ1) is 13.6. The number of hydrogen-bond acceptors (Lipinski definition) is 4. The molecule has 0 fully saturated rings. The van der Waals surface area contributed by atoms with Crippen LogP contribution in [0.2, 0.25) is 0 Å². The lowest BCUT2D eigenvalue weighted by molar-refractivity contribution is -0.117. The second-order valence-corrected chi connectivity index (χ2v) is 5.18. The van der Waals surface area contributed by atoms with Crippen molar-refractivity contribution in [2.24, 2.45) is 5.73 Å². The summed E-state index contributed by atoms with van der Waals surface area (Å²) in [5.74, 6) is -0.372. The first-order chi connectivity index (χ1) is 7.95. The highest BCUT2D eigenvalue weighted by Crippen LogP contribution is 2.10. The van der Waals surface area contributed by atoms with Gasteiger partial charge < -0.3 is 5.73 Å². The van der Waals surface area contributed by atoms with E-state index in [4.69, 9.17) is 5.73 Å². The normalized spacial score (nSPS) is 11.4. The van der Waals surface area contributed by atoms with Gasteiger partial charge in [0.15, 0.2) is 5.03 Å². The predicted molar refractivity (Wildman–Crippen MR) is 62.3 cm³/mol. The Labute approximate surface area is 100 Å². The van der Waals surface area contributed by atoms with Gasteiger partial charge in [-0.25, -0.2) is 18.1 Å². The largest absolute Gasteiger partial charge is 0.370 e. The third kappa shape index (κ3) is 4.12. The van der Waals surface area contributed by atoms with Crippen molar-refractivity contribution in [3.8, 4) is 0 Å². The molecule has 0 unspecified atom stereocenters. The van der Waals surface area contributed by atoms with Gasteiger partial charge in [-0.05, 0) is 31.5 Å². The molecule has 0 aliphatic heterocycles. The molecular formula is C10H14N3O3S. The van der Waals surface area contributed by atoms with E-state index >= 15 is 0 Å². The molecule has 1 amide bonds. The van der Waals surface area contributed by atoms with Crippen LogP contribution in [0.4, 0.5) is 0 Å². The summed E-state index contributed by atoms with van der Waals surface area (Å²) < 4.78 is 24.9. The van der Waals surface area contributed by atoms with Gasteiger partial charge in [0.2, 0.25) is 5.91 Å².